The number of nitrogens with zero attached hydrogens (tertiary/aromatic N) is 3. The van der Waals surface area contributed by atoms with E-state index in [1.807, 2.05) is 11.6 Å². The minimum absolute atomic E-state index is 0.338. The third-order valence-corrected chi connectivity index (χ3v) is 4.49. The van der Waals surface area contributed by atoms with Gasteiger partial charge in [-0.1, -0.05) is 31.9 Å². The molecular formula is C16H27N3O2. The van der Waals surface area contributed by atoms with E-state index in [-0.39, 0.29) is 5.97 Å². The van der Waals surface area contributed by atoms with Crippen molar-refractivity contribution in [2.75, 3.05) is 6.61 Å². The van der Waals surface area contributed by atoms with Gasteiger partial charge >= 0.3 is 5.97 Å². The van der Waals surface area contributed by atoms with Crippen LogP contribution in [0.3, 0.4) is 0 Å². The van der Waals surface area contributed by atoms with Gasteiger partial charge in [0.2, 0.25) is 0 Å². The molecule has 2 rings (SSSR count). The van der Waals surface area contributed by atoms with Crippen molar-refractivity contribution in [1.82, 2.24) is 15.0 Å². The molecule has 0 radical (unpaired) electrons. The molecule has 0 spiro atoms. The largest absolute Gasteiger partial charge is 0.461 e. The summed E-state index contributed by atoms with van der Waals surface area (Å²) in [6.45, 7) is 6.56. The molecule has 0 amide bonds. The molecule has 118 valence electrons. The summed E-state index contributed by atoms with van der Waals surface area (Å²) in [6, 6.07) is 0.394. The van der Waals surface area contributed by atoms with Crippen LogP contribution >= 0.6 is 0 Å². The topological polar surface area (TPSA) is 57.0 Å². The first-order chi connectivity index (χ1) is 10.2. The second-order valence-electron chi connectivity index (χ2n) is 5.88. The fraction of sp³-hybridized carbons (Fsp3) is 0.812. The summed E-state index contributed by atoms with van der Waals surface area (Å²) in [7, 11) is 0. The van der Waals surface area contributed by atoms with Crippen LogP contribution in [0.25, 0.3) is 0 Å². The quantitative estimate of drug-likeness (QED) is 0.753. The Kier molecular flexibility index (Phi) is 5.76. The zero-order chi connectivity index (χ0) is 15.2. The summed E-state index contributed by atoms with van der Waals surface area (Å²) in [5.41, 5.74) is 1.37. The van der Waals surface area contributed by atoms with Gasteiger partial charge in [-0.3, -0.25) is 0 Å². The normalized spacial score (nSPS) is 22.2. The molecule has 1 fully saturated rings. The zero-order valence-electron chi connectivity index (χ0n) is 13.5. The van der Waals surface area contributed by atoms with Gasteiger partial charge < -0.3 is 4.74 Å². The van der Waals surface area contributed by atoms with Crippen molar-refractivity contribution in [3.8, 4) is 0 Å². The monoisotopic (exact) mass is 293 g/mol. The number of esters is 1. The average molecular weight is 293 g/mol. The lowest BCUT2D eigenvalue weighted by molar-refractivity contribution is 0.0518. The van der Waals surface area contributed by atoms with Crippen molar-refractivity contribution in [2.45, 2.75) is 71.8 Å². The molecule has 21 heavy (non-hydrogen) atoms. The molecule has 0 unspecified atom stereocenters. The van der Waals surface area contributed by atoms with Crippen LogP contribution in [0.2, 0.25) is 0 Å². The van der Waals surface area contributed by atoms with Gasteiger partial charge in [-0.25, -0.2) is 9.48 Å². The predicted molar refractivity (Wildman–Crippen MR) is 81.3 cm³/mol. The first kappa shape index (κ1) is 16.0. The van der Waals surface area contributed by atoms with Crippen molar-refractivity contribution >= 4 is 5.97 Å². The summed E-state index contributed by atoms with van der Waals surface area (Å²) in [5, 5.41) is 8.38. The van der Waals surface area contributed by atoms with E-state index in [0.29, 0.717) is 18.3 Å². The third-order valence-electron chi connectivity index (χ3n) is 4.49. The number of hydrogen-bond donors (Lipinski definition) is 0. The molecule has 0 aliphatic heterocycles. The Bertz CT molecular complexity index is 462. The number of ether oxygens (including phenoxy) is 1. The highest BCUT2D eigenvalue weighted by atomic mass is 16.5. The maximum absolute atomic E-state index is 12.0. The minimum Gasteiger partial charge on any atom is -0.461 e. The smallest absolute Gasteiger partial charge is 0.360 e. The zero-order valence-corrected chi connectivity index (χ0v) is 13.5. The average Bonchev–Trinajstić information content (AvgIpc) is 2.92. The van der Waals surface area contributed by atoms with E-state index in [4.69, 9.17) is 4.74 Å². The third kappa shape index (κ3) is 3.63. The molecule has 1 aromatic heterocycles. The molecule has 5 heteroatoms. The SMILES string of the molecule is CCCc1c(C(=O)OCC)nnn1C1CCC(CC)CC1. The first-order valence-electron chi connectivity index (χ1n) is 8.32. The molecule has 0 atom stereocenters. The van der Waals surface area contributed by atoms with Crippen LogP contribution in [0.4, 0.5) is 0 Å². The highest BCUT2D eigenvalue weighted by Gasteiger charge is 2.27. The molecule has 0 saturated heterocycles. The van der Waals surface area contributed by atoms with Gasteiger partial charge in [-0.15, -0.1) is 5.10 Å². The highest BCUT2D eigenvalue weighted by Crippen LogP contribution is 2.34. The molecule has 1 aliphatic rings. The fourth-order valence-electron chi connectivity index (χ4n) is 3.23. The van der Waals surface area contributed by atoms with E-state index in [0.717, 1.165) is 37.3 Å². The van der Waals surface area contributed by atoms with Gasteiger partial charge in [0.25, 0.3) is 0 Å². The molecule has 1 heterocycles. The Morgan fingerprint density at radius 3 is 2.52 bits per heavy atom. The summed E-state index contributed by atoms with van der Waals surface area (Å²) in [4.78, 5) is 12.0. The first-order valence-corrected chi connectivity index (χ1v) is 8.32. The second-order valence-corrected chi connectivity index (χ2v) is 5.88. The van der Waals surface area contributed by atoms with Crippen molar-refractivity contribution < 1.29 is 9.53 Å². The van der Waals surface area contributed by atoms with E-state index in [1.54, 1.807) is 0 Å². The molecule has 1 aromatic rings. The summed E-state index contributed by atoms with van der Waals surface area (Å²) in [5.74, 6) is 0.512. The standard InChI is InChI=1S/C16H27N3O2/c1-4-7-14-15(16(20)21-6-3)17-18-19(14)13-10-8-12(5-2)9-11-13/h12-13H,4-11H2,1-3H3. The van der Waals surface area contributed by atoms with Gasteiger partial charge in [0.05, 0.1) is 18.3 Å². The molecule has 0 bridgehead atoms. The maximum Gasteiger partial charge on any atom is 0.360 e. The van der Waals surface area contributed by atoms with Gasteiger partial charge in [0.15, 0.2) is 5.69 Å². The van der Waals surface area contributed by atoms with Crippen LogP contribution in [0.15, 0.2) is 0 Å². The summed E-state index contributed by atoms with van der Waals surface area (Å²) >= 11 is 0. The Morgan fingerprint density at radius 1 is 1.24 bits per heavy atom. The predicted octanol–water partition coefficient (Wildman–Crippen LogP) is 3.55. The van der Waals surface area contributed by atoms with Crippen molar-refractivity contribution in [1.29, 1.82) is 0 Å². The molecular weight excluding hydrogens is 266 g/mol. The van der Waals surface area contributed by atoms with E-state index in [1.165, 1.54) is 19.3 Å². The Balaban J connectivity index is 2.17. The number of carbonyl (C=O) groups is 1. The van der Waals surface area contributed by atoms with E-state index in [9.17, 15) is 4.79 Å². The maximum atomic E-state index is 12.0. The van der Waals surface area contributed by atoms with Crippen LogP contribution in [0, 0.1) is 5.92 Å². The minimum atomic E-state index is -0.338. The number of aromatic nitrogens is 3. The van der Waals surface area contributed by atoms with Gasteiger partial charge in [0, 0.05) is 0 Å². The van der Waals surface area contributed by atoms with Crippen molar-refractivity contribution in [3.05, 3.63) is 11.4 Å². The molecule has 5 nitrogen and oxygen atoms in total. The van der Waals surface area contributed by atoms with Crippen molar-refractivity contribution in [2.24, 2.45) is 5.92 Å². The highest BCUT2D eigenvalue weighted by molar-refractivity contribution is 5.88. The Hall–Kier alpha value is -1.39. The molecule has 0 aromatic carbocycles. The number of rotatable bonds is 6. The van der Waals surface area contributed by atoms with Crippen LogP contribution in [0.1, 0.15) is 81.5 Å². The lowest BCUT2D eigenvalue weighted by atomic mass is 9.84. The van der Waals surface area contributed by atoms with Crippen LogP contribution in [0.5, 0.6) is 0 Å². The lowest BCUT2D eigenvalue weighted by Crippen LogP contribution is -2.21. The number of hydrogen-bond acceptors (Lipinski definition) is 4. The molecule has 1 saturated carbocycles. The van der Waals surface area contributed by atoms with Crippen LogP contribution < -0.4 is 0 Å². The molecule has 0 N–H and O–H groups in total. The lowest BCUT2D eigenvalue weighted by Gasteiger charge is -2.28. The summed E-state index contributed by atoms with van der Waals surface area (Å²) in [6.07, 6.45) is 7.85. The van der Waals surface area contributed by atoms with Gasteiger partial charge in [-0.05, 0) is 44.9 Å². The van der Waals surface area contributed by atoms with E-state index >= 15 is 0 Å². The fourth-order valence-corrected chi connectivity index (χ4v) is 3.23. The van der Waals surface area contributed by atoms with Gasteiger partial charge in [0.1, 0.15) is 0 Å². The van der Waals surface area contributed by atoms with E-state index < -0.39 is 0 Å². The van der Waals surface area contributed by atoms with Crippen LogP contribution in [-0.4, -0.2) is 27.6 Å². The Morgan fingerprint density at radius 2 is 1.95 bits per heavy atom. The summed E-state index contributed by atoms with van der Waals surface area (Å²) < 4.78 is 7.10. The van der Waals surface area contributed by atoms with E-state index in [2.05, 4.69) is 24.2 Å². The number of carbonyl (C=O) groups excluding carboxylic acids is 1. The van der Waals surface area contributed by atoms with Crippen LogP contribution in [-0.2, 0) is 11.2 Å². The second kappa shape index (κ2) is 7.57. The van der Waals surface area contributed by atoms with Gasteiger partial charge in [-0.2, -0.15) is 0 Å². The Labute approximate surface area is 127 Å². The molecule has 1 aliphatic carbocycles. The van der Waals surface area contributed by atoms with Crippen molar-refractivity contribution in [3.63, 3.8) is 0 Å².